The van der Waals surface area contributed by atoms with Gasteiger partial charge in [-0.1, -0.05) is 6.07 Å². The van der Waals surface area contributed by atoms with Crippen LogP contribution in [0, 0.1) is 0 Å². The maximum atomic E-state index is 11.4. The highest BCUT2D eigenvalue weighted by Crippen LogP contribution is 2.35. The Morgan fingerprint density at radius 2 is 2.21 bits per heavy atom. The van der Waals surface area contributed by atoms with E-state index >= 15 is 0 Å². The molecule has 19 heavy (non-hydrogen) atoms. The van der Waals surface area contributed by atoms with E-state index in [2.05, 4.69) is 4.98 Å². The average Bonchev–Trinajstić information content (AvgIpc) is 2.46. The first-order valence-electron chi connectivity index (χ1n) is 5.57. The zero-order valence-electron chi connectivity index (χ0n) is 10.6. The van der Waals surface area contributed by atoms with E-state index < -0.39 is 5.97 Å². The van der Waals surface area contributed by atoms with E-state index in [0.717, 1.165) is 10.5 Å². The summed E-state index contributed by atoms with van der Waals surface area (Å²) in [4.78, 5) is 16.3. The van der Waals surface area contributed by atoms with Crippen molar-refractivity contribution in [1.82, 2.24) is 4.98 Å². The maximum absolute atomic E-state index is 11.4. The molecule has 0 bridgehead atoms. The number of nitrogens with zero attached hydrogens (tertiary/aromatic N) is 1. The molecule has 0 radical (unpaired) electrons. The lowest BCUT2D eigenvalue weighted by atomic mass is 10.0. The Morgan fingerprint density at radius 3 is 2.74 bits per heavy atom. The van der Waals surface area contributed by atoms with Crippen molar-refractivity contribution in [3.8, 4) is 16.9 Å². The summed E-state index contributed by atoms with van der Waals surface area (Å²) in [6.07, 6.45) is 5.23. The number of aromatic carboxylic acids is 1. The van der Waals surface area contributed by atoms with Gasteiger partial charge in [0.1, 0.15) is 5.75 Å². The van der Waals surface area contributed by atoms with Crippen LogP contribution in [0.5, 0.6) is 5.75 Å². The van der Waals surface area contributed by atoms with Gasteiger partial charge in [0, 0.05) is 22.9 Å². The lowest BCUT2D eigenvalue weighted by Crippen LogP contribution is -2.01. The van der Waals surface area contributed by atoms with E-state index in [9.17, 15) is 9.90 Å². The summed E-state index contributed by atoms with van der Waals surface area (Å²) in [6, 6.07) is 7.00. The Bertz CT molecular complexity index is 599. The highest BCUT2D eigenvalue weighted by molar-refractivity contribution is 7.98. The van der Waals surface area contributed by atoms with Crippen LogP contribution in [0.4, 0.5) is 0 Å². The quantitative estimate of drug-likeness (QED) is 0.868. The second-order valence-electron chi connectivity index (χ2n) is 3.80. The van der Waals surface area contributed by atoms with E-state index in [1.807, 2.05) is 18.4 Å². The van der Waals surface area contributed by atoms with E-state index in [-0.39, 0.29) is 5.56 Å². The number of methoxy groups -OCH3 is 1. The molecule has 1 heterocycles. The van der Waals surface area contributed by atoms with Gasteiger partial charge in [0.05, 0.1) is 12.7 Å². The number of aromatic nitrogens is 1. The van der Waals surface area contributed by atoms with Crippen LogP contribution in [0.25, 0.3) is 11.1 Å². The zero-order valence-corrected chi connectivity index (χ0v) is 11.4. The Morgan fingerprint density at radius 1 is 1.42 bits per heavy atom. The third-order valence-electron chi connectivity index (χ3n) is 2.73. The molecule has 0 spiro atoms. The molecule has 0 aliphatic rings. The van der Waals surface area contributed by atoms with Crippen molar-refractivity contribution in [2.24, 2.45) is 0 Å². The minimum atomic E-state index is -0.982. The smallest absolute Gasteiger partial charge is 0.336 e. The SMILES string of the molecule is COc1cc(C(=O)O)c(-c2cccnc2)cc1SC. The van der Waals surface area contributed by atoms with Crippen LogP contribution >= 0.6 is 11.8 Å². The molecular weight excluding hydrogens is 262 g/mol. The molecule has 0 amide bonds. The number of carboxylic acids is 1. The van der Waals surface area contributed by atoms with Gasteiger partial charge in [0.15, 0.2) is 0 Å². The van der Waals surface area contributed by atoms with Gasteiger partial charge in [0.25, 0.3) is 0 Å². The molecule has 0 fully saturated rings. The fourth-order valence-corrected chi connectivity index (χ4v) is 2.40. The molecule has 2 aromatic rings. The molecule has 1 aromatic carbocycles. The average molecular weight is 275 g/mol. The summed E-state index contributed by atoms with van der Waals surface area (Å²) in [5, 5.41) is 9.33. The number of rotatable bonds is 4. The number of thioether (sulfide) groups is 1. The molecule has 0 aliphatic heterocycles. The summed E-state index contributed by atoms with van der Waals surface area (Å²) < 4.78 is 5.22. The van der Waals surface area contributed by atoms with Crippen molar-refractivity contribution < 1.29 is 14.6 Å². The lowest BCUT2D eigenvalue weighted by Gasteiger charge is -2.12. The molecule has 1 aromatic heterocycles. The monoisotopic (exact) mass is 275 g/mol. The van der Waals surface area contributed by atoms with Gasteiger partial charge in [-0.15, -0.1) is 11.8 Å². The van der Waals surface area contributed by atoms with Gasteiger partial charge in [-0.05, 0) is 30.0 Å². The summed E-state index contributed by atoms with van der Waals surface area (Å²) in [5.74, 6) is -0.414. The molecule has 1 N–H and O–H groups in total. The predicted molar refractivity (Wildman–Crippen MR) is 75.0 cm³/mol. The molecule has 2 rings (SSSR count). The van der Waals surface area contributed by atoms with Crippen LogP contribution in [-0.2, 0) is 0 Å². The number of ether oxygens (including phenoxy) is 1. The van der Waals surface area contributed by atoms with E-state index in [4.69, 9.17) is 4.74 Å². The normalized spacial score (nSPS) is 10.2. The Hall–Kier alpha value is -2.01. The number of hydrogen-bond acceptors (Lipinski definition) is 4. The fraction of sp³-hybridized carbons (Fsp3) is 0.143. The highest BCUT2D eigenvalue weighted by atomic mass is 32.2. The van der Waals surface area contributed by atoms with Crippen LogP contribution in [-0.4, -0.2) is 29.4 Å². The first kappa shape index (κ1) is 13.4. The van der Waals surface area contributed by atoms with Crippen molar-refractivity contribution in [1.29, 1.82) is 0 Å². The molecule has 4 nitrogen and oxygen atoms in total. The third kappa shape index (κ3) is 2.71. The van der Waals surface area contributed by atoms with Crippen molar-refractivity contribution in [2.75, 3.05) is 13.4 Å². The van der Waals surface area contributed by atoms with Crippen molar-refractivity contribution in [3.05, 3.63) is 42.2 Å². The van der Waals surface area contributed by atoms with Crippen LogP contribution in [0.2, 0.25) is 0 Å². The van der Waals surface area contributed by atoms with Gasteiger partial charge in [0.2, 0.25) is 0 Å². The van der Waals surface area contributed by atoms with Gasteiger partial charge >= 0.3 is 5.97 Å². The Balaban J connectivity index is 2.68. The van der Waals surface area contributed by atoms with Gasteiger partial charge < -0.3 is 9.84 Å². The minimum Gasteiger partial charge on any atom is -0.496 e. The topological polar surface area (TPSA) is 59.4 Å². The number of carboxylic acid groups (broad SMARTS) is 1. The van der Waals surface area contributed by atoms with Crippen molar-refractivity contribution in [3.63, 3.8) is 0 Å². The second kappa shape index (κ2) is 5.75. The molecule has 98 valence electrons. The Labute approximate surface area is 115 Å². The number of hydrogen-bond donors (Lipinski definition) is 1. The summed E-state index contributed by atoms with van der Waals surface area (Å²) in [5.41, 5.74) is 1.63. The molecule has 0 saturated carbocycles. The maximum Gasteiger partial charge on any atom is 0.336 e. The van der Waals surface area contributed by atoms with E-state index in [1.165, 1.54) is 18.9 Å². The number of carbonyl (C=O) groups is 1. The number of pyridine rings is 1. The lowest BCUT2D eigenvalue weighted by molar-refractivity contribution is 0.0697. The van der Waals surface area contributed by atoms with Gasteiger partial charge in [-0.3, -0.25) is 4.98 Å². The molecule has 0 saturated heterocycles. The first-order valence-corrected chi connectivity index (χ1v) is 6.79. The van der Waals surface area contributed by atoms with Crippen LogP contribution in [0.15, 0.2) is 41.6 Å². The van der Waals surface area contributed by atoms with Gasteiger partial charge in [-0.2, -0.15) is 0 Å². The van der Waals surface area contributed by atoms with Crippen molar-refractivity contribution >= 4 is 17.7 Å². The summed E-state index contributed by atoms with van der Waals surface area (Å²) >= 11 is 1.51. The molecule has 0 unspecified atom stereocenters. The Kier molecular flexibility index (Phi) is 4.06. The van der Waals surface area contributed by atoms with Gasteiger partial charge in [-0.25, -0.2) is 4.79 Å². The van der Waals surface area contributed by atoms with Crippen LogP contribution < -0.4 is 4.74 Å². The third-order valence-corrected chi connectivity index (χ3v) is 3.49. The molecule has 5 heteroatoms. The summed E-state index contributed by atoms with van der Waals surface area (Å²) in [6.45, 7) is 0. The highest BCUT2D eigenvalue weighted by Gasteiger charge is 2.16. The second-order valence-corrected chi connectivity index (χ2v) is 4.65. The fourth-order valence-electron chi connectivity index (χ4n) is 1.82. The molecular formula is C14H13NO3S. The molecule has 0 aliphatic carbocycles. The summed E-state index contributed by atoms with van der Waals surface area (Å²) in [7, 11) is 1.53. The zero-order chi connectivity index (χ0) is 13.8. The van der Waals surface area contributed by atoms with Crippen molar-refractivity contribution in [2.45, 2.75) is 4.90 Å². The van der Waals surface area contributed by atoms with Crippen LogP contribution in [0.3, 0.4) is 0 Å². The first-order chi connectivity index (χ1) is 9.17. The predicted octanol–water partition coefficient (Wildman–Crippen LogP) is 3.18. The van der Waals surface area contributed by atoms with E-state index in [0.29, 0.717) is 11.3 Å². The minimum absolute atomic E-state index is 0.211. The van der Waals surface area contributed by atoms with Crippen LogP contribution in [0.1, 0.15) is 10.4 Å². The molecule has 0 atom stereocenters. The standard InChI is InChI=1S/C14H13NO3S/c1-18-12-6-11(14(16)17)10(7-13(12)19-2)9-4-3-5-15-8-9/h3-8H,1-2H3,(H,16,17). The number of benzene rings is 1. The largest absolute Gasteiger partial charge is 0.496 e. The van der Waals surface area contributed by atoms with E-state index in [1.54, 1.807) is 24.5 Å².